The van der Waals surface area contributed by atoms with E-state index in [2.05, 4.69) is 20.6 Å². The van der Waals surface area contributed by atoms with Crippen molar-refractivity contribution in [2.24, 2.45) is 0 Å². The van der Waals surface area contributed by atoms with Crippen molar-refractivity contribution in [3.05, 3.63) is 41.2 Å². The summed E-state index contributed by atoms with van der Waals surface area (Å²) in [4.78, 5) is 20.0. The zero-order valence-corrected chi connectivity index (χ0v) is 10.8. The Labute approximate surface area is 109 Å². The Morgan fingerprint density at radius 2 is 2.39 bits per heavy atom. The molecule has 0 saturated carbocycles. The van der Waals surface area contributed by atoms with Crippen LogP contribution in [-0.4, -0.2) is 29.5 Å². The van der Waals surface area contributed by atoms with Crippen LogP contribution in [0.1, 0.15) is 16.1 Å². The smallest absolute Gasteiger partial charge is 0.252 e. The van der Waals surface area contributed by atoms with E-state index >= 15 is 0 Å². The van der Waals surface area contributed by atoms with E-state index in [4.69, 9.17) is 0 Å². The highest BCUT2D eigenvalue weighted by Gasteiger charge is 2.05. The Kier molecular flexibility index (Phi) is 4.25. The van der Waals surface area contributed by atoms with Crippen molar-refractivity contribution in [2.75, 3.05) is 18.9 Å². The average molecular weight is 262 g/mol. The molecule has 0 bridgehead atoms. The third-order valence-corrected chi connectivity index (χ3v) is 3.26. The minimum absolute atomic E-state index is 0.104. The molecule has 1 amide bonds. The molecule has 2 aromatic rings. The maximum Gasteiger partial charge on any atom is 0.252 e. The number of nitrogens with one attached hydrogen (secondary N) is 2. The second kappa shape index (κ2) is 6.11. The molecule has 0 spiro atoms. The summed E-state index contributed by atoms with van der Waals surface area (Å²) in [6.45, 7) is 0.570. The largest absolute Gasteiger partial charge is 0.365 e. The maximum atomic E-state index is 11.7. The lowest BCUT2D eigenvalue weighted by atomic mass is 10.2. The first-order chi connectivity index (χ1) is 8.79. The molecule has 5 nitrogen and oxygen atoms in total. The number of aromatic nitrogens is 2. The molecule has 0 aliphatic carbocycles. The fraction of sp³-hybridized carbons (Fsp3) is 0.250. The first-order valence-corrected chi connectivity index (χ1v) is 6.48. The lowest BCUT2D eigenvalue weighted by molar-refractivity contribution is 0.0953. The van der Waals surface area contributed by atoms with Crippen LogP contribution < -0.4 is 10.6 Å². The first kappa shape index (κ1) is 12.5. The van der Waals surface area contributed by atoms with Gasteiger partial charge >= 0.3 is 0 Å². The van der Waals surface area contributed by atoms with E-state index in [-0.39, 0.29) is 5.91 Å². The number of anilines is 1. The Balaban J connectivity index is 1.80. The molecule has 2 rings (SSSR count). The number of pyridine rings is 1. The Bertz CT molecular complexity index is 512. The zero-order chi connectivity index (χ0) is 12.8. The third-order valence-electron chi connectivity index (χ3n) is 2.36. The summed E-state index contributed by atoms with van der Waals surface area (Å²) in [6, 6.07) is 3.48. The van der Waals surface area contributed by atoms with Crippen LogP contribution in [0, 0.1) is 0 Å². The molecule has 0 atom stereocenters. The van der Waals surface area contributed by atoms with Gasteiger partial charge in [0, 0.05) is 37.8 Å². The zero-order valence-electron chi connectivity index (χ0n) is 10.0. The maximum absolute atomic E-state index is 11.7. The molecule has 2 aromatic heterocycles. The average Bonchev–Trinajstić information content (AvgIpc) is 2.87. The van der Waals surface area contributed by atoms with E-state index in [9.17, 15) is 4.79 Å². The van der Waals surface area contributed by atoms with E-state index in [1.807, 2.05) is 12.4 Å². The molecule has 0 aliphatic heterocycles. The lowest BCUT2D eigenvalue weighted by Crippen LogP contribution is -2.25. The number of thiazole rings is 1. The molecule has 0 aliphatic rings. The highest BCUT2D eigenvalue weighted by Crippen LogP contribution is 2.14. The second-order valence-electron chi connectivity index (χ2n) is 3.64. The number of hydrogen-bond acceptors (Lipinski definition) is 5. The van der Waals surface area contributed by atoms with Crippen LogP contribution in [0.5, 0.6) is 0 Å². The molecule has 18 heavy (non-hydrogen) atoms. The molecule has 2 N–H and O–H groups in total. The van der Waals surface area contributed by atoms with Crippen molar-refractivity contribution in [1.82, 2.24) is 15.3 Å². The first-order valence-electron chi connectivity index (χ1n) is 5.60. The van der Waals surface area contributed by atoms with Crippen molar-refractivity contribution in [3.8, 4) is 0 Å². The summed E-state index contributed by atoms with van der Waals surface area (Å²) in [5.74, 6) is -0.104. The molecule has 0 fully saturated rings. The van der Waals surface area contributed by atoms with Gasteiger partial charge in [-0.25, -0.2) is 4.98 Å². The van der Waals surface area contributed by atoms with Crippen LogP contribution in [0.2, 0.25) is 0 Å². The fourth-order valence-corrected chi connectivity index (χ4v) is 2.15. The minimum Gasteiger partial charge on any atom is -0.365 e. The van der Waals surface area contributed by atoms with Crippen molar-refractivity contribution in [1.29, 1.82) is 0 Å². The Hall–Kier alpha value is -1.95. The topological polar surface area (TPSA) is 66.9 Å². The monoisotopic (exact) mass is 262 g/mol. The highest BCUT2D eigenvalue weighted by atomic mass is 32.1. The van der Waals surface area contributed by atoms with Gasteiger partial charge in [-0.2, -0.15) is 0 Å². The van der Waals surface area contributed by atoms with Crippen molar-refractivity contribution in [2.45, 2.75) is 6.42 Å². The number of nitrogens with zero attached hydrogens (tertiary/aromatic N) is 2. The van der Waals surface area contributed by atoms with Crippen molar-refractivity contribution >= 4 is 22.4 Å². The molecule has 0 unspecified atom stereocenters. The number of hydrogen-bond donors (Lipinski definition) is 2. The summed E-state index contributed by atoms with van der Waals surface area (Å²) >= 11 is 1.56. The predicted molar refractivity (Wildman–Crippen MR) is 71.9 cm³/mol. The van der Waals surface area contributed by atoms with E-state index < -0.39 is 0 Å². The van der Waals surface area contributed by atoms with Crippen LogP contribution in [0.3, 0.4) is 0 Å². The molecular formula is C12H14N4OS. The molecule has 94 valence electrons. The van der Waals surface area contributed by atoms with Crippen LogP contribution in [0.4, 0.5) is 5.13 Å². The highest BCUT2D eigenvalue weighted by molar-refractivity contribution is 7.13. The van der Waals surface area contributed by atoms with Crippen LogP contribution in [0.15, 0.2) is 29.9 Å². The summed E-state index contributed by atoms with van der Waals surface area (Å²) in [5.41, 5.74) is 1.56. The molecule has 0 radical (unpaired) electrons. The number of rotatable bonds is 5. The molecule has 0 aromatic carbocycles. The second-order valence-corrected chi connectivity index (χ2v) is 4.50. The standard InChI is InChI=1S/C12H14N4OS/c1-13-12-16-10(8-18-12)4-6-15-11(17)9-3-2-5-14-7-9/h2-3,5,7-8H,4,6H2,1H3,(H,13,16)(H,15,17). The third kappa shape index (κ3) is 3.27. The minimum atomic E-state index is -0.104. The van der Waals surface area contributed by atoms with Crippen LogP contribution in [0.25, 0.3) is 0 Å². The SMILES string of the molecule is CNc1nc(CCNC(=O)c2cccnc2)cs1. The van der Waals surface area contributed by atoms with E-state index in [0.29, 0.717) is 12.1 Å². The quantitative estimate of drug-likeness (QED) is 0.858. The summed E-state index contributed by atoms with van der Waals surface area (Å²) in [5, 5.41) is 8.70. The van der Waals surface area contributed by atoms with Gasteiger partial charge in [-0.1, -0.05) is 0 Å². The summed E-state index contributed by atoms with van der Waals surface area (Å²) in [6.07, 6.45) is 3.92. The molecule has 6 heteroatoms. The van der Waals surface area contributed by atoms with Gasteiger partial charge in [-0.05, 0) is 12.1 Å². The molecule has 2 heterocycles. The summed E-state index contributed by atoms with van der Waals surface area (Å²) < 4.78 is 0. The fourth-order valence-electron chi connectivity index (χ4n) is 1.44. The number of carbonyl (C=O) groups is 1. The predicted octanol–water partition coefficient (Wildman–Crippen LogP) is 1.55. The lowest BCUT2D eigenvalue weighted by Gasteiger charge is -2.03. The van der Waals surface area contributed by atoms with Gasteiger partial charge < -0.3 is 10.6 Å². The van der Waals surface area contributed by atoms with Gasteiger partial charge in [-0.3, -0.25) is 9.78 Å². The normalized spacial score (nSPS) is 10.1. The van der Waals surface area contributed by atoms with E-state index in [0.717, 1.165) is 17.2 Å². The molecular weight excluding hydrogens is 248 g/mol. The molecule has 0 saturated heterocycles. The van der Waals surface area contributed by atoms with Gasteiger partial charge in [0.05, 0.1) is 11.3 Å². The van der Waals surface area contributed by atoms with Gasteiger partial charge in [0.15, 0.2) is 5.13 Å². The van der Waals surface area contributed by atoms with Gasteiger partial charge in [-0.15, -0.1) is 11.3 Å². The van der Waals surface area contributed by atoms with Crippen LogP contribution in [-0.2, 0) is 6.42 Å². The Morgan fingerprint density at radius 1 is 1.50 bits per heavy atom. The van der Waals surface area contributed by atoms with E-state index in [1.54, 1.807) is 35.9 Å². The number of amides is 1. The summed E-state index contributed by atoms with van der Waals surface area (Å²) in [7, 11) is 1.84. The van der Waals surface area contributed by atoms with Crippen molar-refractivity contribution < 1.29 is 4.79 Å². The van der Waals surface area contributed by atoms with E-state index in [1.165, 1.54) is 0 Å². The van der Waals surface area contributed by atoms with Gasteiger partial charge in [0.1, 0.15) is 0 Å². The van der Waals surface area contributed by atoms with Crippen LogP contribution >= 0.6 is 11.3 Å². The van der Waals surface area contributed by atoms with Crippen molar-refractivity contribution in [3.63, 3.8) is 0 Å². The van der Waals surface area contributed by atoms with Gasteiger partial charge in [0.2, 0.25) is 0 Å². The number of carbonyl (C=O) groups excluding carboxylic acids is 1. The Morgan fingerprint density at radius 3 is 3.06 bits per heavy atom. The van der Waals surface area contributed by atoms with Gasteiger partial charge in [0.25, 0.3) is 5.91 Å².